The molecule has 0 heterocycles. The van der Waals surface area contributed by atoms with E-state index in [1.54, 1.807) is 24.3 Å². The third kappa shape index (κ3) is 5.62. The highest BCUT2D eigenvalue weighted by Crippen LogP contribution is 2.27. The van der Waals surface area contributed by atoms with Crippen molar-refractivity contribution in [2.75, 3.05) is 13.7 Å². The normalized spacial score (nSPS) is 10.4. The standard InChI is InChI=1S/C19H20N2O5/c1-13-6-4-5-7-16(13)25-12-19(23)21-20-11-15-8-9-17(26-14(2)22)18(10-15)24-3/h4-11H,12H2,1-3H3,(H,21,23)/b20-11-. The Labute approximate surface area is 151 Å². The maximum Gasteiger partial charge on any atom is 0.308 e. The third-order valence-corrected chi connectivity index (χ3v) is 3.30. The molecule has 0 saturated heterocycles. The van der Waals surface area contributed by atoms with Crippen molar-refractivity contribution < 1.29 is 23.8 Å². The van der Waals surface area contributed by atoms with Crippen LogP contribution < -0.4 is 19.6 Å². The number of rotatable bonds is 7. The van der Waals surface area contributed by atoms with Crippen molar-refractivity contribution >= 4 is 18.1 Å². The molecule has 0 bridgehead atoms. The van der Waals surface area contributed by atoms with Crippen LogP contribution in [0.5, 0.6) is 17.2 Å². The van der Waals surface area contributed by atoms with E-state index in [-0.39, 0.29) is 12.5 Å². The van der Waals surface area contributed by atoms with E-state index in [0.717, 1.165) is 5.56 Å². The van der Waals surface area contributed by atoms with E-state index in [0.29, 0.717) is 22.8 Å². The number of aryl methyl sites for hydroxylation is 1. The Bertz CT molecular complexity index is 817. The molecule has 1 N–H and O–H groups in total. The number of carbonyl (C=O) groups is 2. The number of carbonyl (C=O) groups excluding carboxylic acids is 2. The zero-order valence-corrected chi connectivity index (χ0v) is 14.8. The van der Waals surface area contributed by atoms with Crippen LogP contribution in [0.15, 0.2) is 47.6 Å². The zero-order valence-electron chi connectivity index (χ0n) is 14.8. The predicted molar refractivity (Wildman–Crippen MR) is 96.7 cm³/mol. The van der Waals surface area contributed by atoms with Crippen LogP contribution in [-0.4, -0.2) is 31.8 Å². The SMILES string of the molecule is COc1cc(/C=N\NC(=O)COc2ccccc2C)ccc1OC(C)=O. The highest BCUT2D eigenvalue weighted by molar-refractivity contribution is 5.84. The van der Waals surface area contributed by atoms with Gasteiger partial charge in [0.2, 0.25) is 0 Å². The third-order valence-electron chi connectivity index (χ3n) is 3.30. The minimum Gasteiger partial charge on any atom is -0.493 e. The Morgan fingerprint density at radius 2 is 1.88 bits per heavy atom. The molecular weight excluding hydrogens is 336 g/mol. The average molecular weight is 356 g/mol. The van der Waals surface area contributed by atoms with E-state index in [1.807, 2.05) is 25.1 Å². The monoisotopic (exact) mass is 356 g/mol. The maximum absolute atomic E-state index is 11.8. The minimum atomic E-state index is -0.439. The molecule has 0 fully saturated rings. The topological polar surface area (TPSA) is 86.2 Å². The lowest BCUT2D eigenvalue weighted by molar-refractivity contribution is -0.132. The van der Waals surface area contributed by atoms with E-state index in [2.05, 4.69) is 10.5 Å². The van der Waals surface area contributed by atoms with Crippen molar-refractivity contribution in [3.63, 3.8) is 0 Å². The molecule has 26 heavy (non-hydrogen) atoms. The van der Waals surface area contributed by atoms with Crippen LogP contribution in [-0.2, 0) is 9.59 Å². The van der Waals surface area contributed by atoms with Gasteiger partial charge in [0, 0.05) is 6.92 Å². The summed E-state index contributed by atoms with van der Waals surface area (Å²) in [5.74, 6) is 0.530. The highest BCUT2D eigenvalue weighted by atomic mass is 16.6. The number of ether oxygens (including phenoxy) is 3. The van der Waals surface area contributed by atoms with Crippen molar-refractivity contribution in [3.8, 4) is 17.2 Å². The van der Waals surface area contributed by atoms with Gasteiger partial charge in [-0.15, -0.1) is 0 Å². The second-order valence-corrected chi connectivity index (χ2v) is 5.35. The van der Waals surface area contributed by atoms with Crippen LogP contribution in [0, 0.1) is 6.92 Å². The number of hydrogen-bond acceptors (Lipinski definition) is 6. The van der Waals surface area contributed by atoms with Crippen LogP contribution in [0.2, 0.25) is 0 Å². The van der Waals surface area contributed by atoms with Crippen molar-refractivity contribution in [3.05, 3.63) is 53.6 Å². The Morgan fingerprint density at radius 3 is 2.58 bits per heavy atom. The summed E-state index contributed by atoms with van der Waals surface area (Å²) in [5, 5.41) is 3.87. The van der Waals surface area contributed by atoms with Gasteiger partial charge in [0.05, 0.1) is 13.3 Å². The molecule has 2 aromatic rings. The first-order chi connectivity index (χ1) is 12.5. The van der Waals surface area contributed by atoms with Crippen LogP contribution in [0.1, 0.15) is 18.1 Å². The summed E-state index contributed by atoms with van der Waals surface area (Å²) in [5.41, 5.74) is 4.00. The molecule has 2 rings (SSSR count). The molecule has 0 aliphatic heterocycles. The van der Waals surface area contributed by atoms with Gasteiger partial charge in [0.15, 0.2) is 18.1 Å². The van der Waals surface area contributed by atoms with Gasteiger partial charge in [-0.25, -0.2) is 5.43 Å². The molecule has 7 nitrogen and oxygen atoms in total. The van der Waals surface area contributed by atoms with Gasteiger partial charge < -0.3 is 14.2 Å². The first kappa shape index (κ1) is 19.0. The average Bonchev–Trinajstić information content (AvgIpc) is 2.61. The quantitative estimate of drug-likeness (QED) is 0.356. The van der Waals surface area contributed by atoms with Crippen molar-refractivity contribution in [2.45, 2.75) is 13.8 Å². The molecule has 0 unspecified atom stereocenters. The molecule has 0 aliphatic rings. The first-order valence-corrected chi connectivity index (χ1v) is 7.86. The summed E-state index contributed by atoms with van der Waals surface area (Å²) < 4.78 is 15.6. The van der Waals surface area contributed by atoms with Gasteiger partial charge in [0.25, 0.3) is 5.91 Å². The highest BCUT2D eigenvalue weighted by Gasteiger charge is 2.07. The van der Waals surface area contributed by atoms with Gasteiger partial charge in [0.1, 0.15) is 5.75 Å². The largest absolute Gasteiger partial charge is 0.493 e. The molecule has 0 atom stereocenters. The molecule has 136 valence electrons. The molecule has 2 aromatic carbocycles. The molecule has 0 saturated carbocycles. The summed E-state index contributed by atoms with van der Waals surface area (Å²) in [7, 11) is 1.47. The maximum atomic E-state index is 11.8. The molecule has 7 heteroatoms. The summed E-state index contributed by atoms with van der Waals surface area (Å²) in [6.45, 7) is 3.07. The van der Waals surface area contributed by atoms with Gasteiger partial charge in [-0.05, 0) is 42.3 Å². The lowest BCUT2D eigenvalue weighted by atomic mass is 10.2. The van der Waals surface area contributed by atoms with Crippen molar-refractivity contribution in [2.24, 2.45) is 5.10 Å². The summed E-state index contributed by atoms with van der Waals surface area (Å²) in [6.07, 6.45) is 1.45. The first-order valence-electron chi connectivity index (χ1n) is 7.86. The van der Waals surface area contributed by atoms with Crippen molar-refractivity contribution in [1.82, 2.24) is 5.43 Å². The second kappa shape index (κ2) is 9.22. The molecule has 1 amide bonds. The van der Waals surface area contributed by atoms with E-state index >= 15 is 0 Å². The second-order valence-electron chi connectivity index (χ2n) is 5.35. The van der Waals surface area contributed by atoms with Gasteiger partial charge in [-0.1, -0.05) is 18.2 Å². The van der Waals surface area contributed by atoms with Crippen LogP contribution in [0.25, 0.3) is 0 Å². The number of nitrogens with zero attached hydrogens (tertiary/aromatic N) is 1. The number of nitrogens with one attached hydrogen (secondary N) is 1. The summed E-state index contributed by atoms with van der Waals surface area (Å²) in [4.78, 5) is 22.8. The molecule has 0 aliphatic carbocycles. The van der Waals surface area contributed by atoms with E-state index < -0.39 is 5.97 Å². The van der Waals surface area contributed by atoms with Gasteiger partial charge in [-0.3, -0.25) is 9.59 Å². The fraction of sp³-hybridized carbons (Fsp3) is 0.211. The predicted octanol–water partition coefficient (Wildman–Crippen LogP) is 2.46. The van der Waals surface area contributed by atoms with Crippen molar-refractivity contribution in [1.29, 1.82) is 0 Å². The fourth-order valence-electron chi connectivity index (χ4n) is 2.08. The number of amides is 1. The van der Waals surface area contributed by atoms with Crippen LogP contribution in [0.3, 0.4) is 0 Å². The number of benzene rings is 2. The van der Waals surface area contributed by atoms with Crippen LogP contribution >= 0.6 is 0 Å². The number of methoxy groups -OCH3 is 1. The smallest absolute Gasteiger partial charge is 0.308 e. The molecule has 0 spiro atoms. The molecule has 0 aromatic heterocycles. The number of hydrogen-bond donors (Lipinski definition) is 1. The van der Waals surface area contributed by atoms with E-state index in [1.165, 1.54) is 20.2 Å². The molecular formula is C19H20N2O5. The van der Waals surface area contributed by atoms with Crippen LogP contribution in [0.4, 0.5) is 0 Å². The number of esters is 1. The lowest BCUT2D eigenvalue weighted by Gasteiger charge is -2.08. The Balaban J connectivity index is 1.90. The molecule has 0 radical (unpaired) electrons. The van der Waals surface area contributed by atoms with E-state index in [9.17, 15) is 9.59 Å². The Morgan fingerprint density at radius 1 is 1.12 bits per heavy atom. The Kier molecular flexibility index (Phi) is 6.73. The fourth-order valence-corrected chi connectivity index (χ4v) is 2.08. The van der Waals surface area contributed by atoms with Gasteiger partial charge in [-0.2, -0.15) is 5.10 Å². The number of hydrazone groups is 1. The Hall–Kier alpha value is -3.35. The van der Waals surface area contributed by atoms with E-state index in [4.69, 9.17) is 14.2 Å². The summed E-state index contributed by atoms with van der Waals surface area (Å²) >= 11 is 0. The number of para-hydroxylation sites is 1. The van der Waals surface area contributed by atoms with Gasteiger partial charge >= 0.3 is 5.97 Å². The zero-order chi connectivity index (χ0) is 18.9. The summed E-state index contributed by atoms with van der Waals surface area (Å²) in [6, 6.07) is 12.3. The minimum absolute atomic E-state index is 0.142. The lowest BCUT2D eigenvalue weighted by Crippen LogP contribution is -2.24.